The van der Waals surface area contributed by atoms with Crippen LogP contribution in [0.4, 0.5) is 0 Å². The first-order chi connectivity index (χ1) is 6.81. The topological polar surface area (TPSA) is 55.4 Å². The van der Waals surface area contributed by atoms with Crippen LogP contribution in [0.15, 0.2) is 4.99 Å². The number of hydrogen-bond acceptors (Lipinski definition) is 2. The Labute approximate surface area is 93.2 Å². The number of nitrogens with zero attached hydrogens (tertiary/aromatic N) is 1. The second-order valence-electron chi connectivity index (χ2n) is 4.78. The first kappa shape index (κ1) is 14.1. The van der Waals surface area contributed by atoms with Crippen LogP contribution in [0.3, 0.4) is 0 Å². The van der Waals surface area contributed by atoms with E-state index in [2.05, 4.69) is 25.8 Å². The van der Waals surface area contributed by atoms with E-state index in [9.17, 15) is 4.79 Å². The summed E-state index contributed by atoms with van der Waals surface area (Å²) in [5, 5.41) is 0. The van der Waals surface area contributed by atoms with Gasteiger partial charge in [0, 0.05) is 6.42 Å². The fourth-order valence-corrected chi connectivity index (χ4v) is 1.69. The third kappa shape index (κ3) is 4.96. The van der Waals surface area contributed by atoms with Crippen molar-refractivity contribution in [3.63, 3.8) is 0 Å². The molecule has 0 rings (SSSR count). The van der Waals surface area contributed by atoms with Gasteiger partial charge in [0.1, 0.15) is 5.54 Å². The van der Waals surface area contributed by atoms with Gasteiger partial charge in [0.05, 0.1) is 5.84 Å². The van der Waals surface area contributed by atoms with Crippen LogP contribution in [0.5, 0.6) is 0 Å². The number of nitrogens with two attached hydrogens (primary N) is 1. The molecule has 0 radical (unpaired) electrons. The minimum Gasteiger partial charge on any atom is -0.387 e. The van der Waals surface area contributed by atoms with Crippen LogP contribution in [0.2, 0.25) is 0 Å². The highest BCUT2D eigenvalue weighted by Crippen LogP contribution is 2.22. The van der Waals surface area contributed by atoms with Crippen LogP contribution in [0.1, 0.15) is 53.9 Å². The smallest absolute Gasteiger partial charge is 0.157 e. The Balaban J connectivity index is 4.79. The van der Waals surface area contributed by atoms with E-state index in [0.29, 0.717) is 11.8 Å². The second-order valence-corrected chi connectivity index (χ2v) is 4.78. The Hall–Kier alpha value is -0.860. The predicted molar refractivity (Wildman–Crippen MR) is 65.1 cm³/mol. The molecule has 0 aromatic rings. The highest BCUT2D eigenvalue weighted by Gasteiger charge is 2.30. The van der Waals surface area contributed by atoms with Gasteiger partial charge in [-0.3, -0.25) is 9.79 Å². The molecule has 88 valence electrons. The van der Waals surface area contributed by atoms with Gasteiger partial charge in [0.15, 0.2) is 5.78 Å². The van der Waals surface area contributed by atoms with Gasteiger partial charge in [-0.05, 0) is 32.6 Å². The maximum atomic E-state index is 11.6. The van der Waals surface area contributed by atoms with Gasteiger partial charge in [-0.25, -0.2) is 0 Å². The molecule has 0 aliphatic carbocycles. The molecule has 1 atom stereocenters. The Morgan fingerprint density at radius 1 is 1.47 bits per heavy atom. The van der Waals surface area contributed by atoms with Gasteiger partial charge in [0.2, 0.25) is 0 Å². The first-order valence-corrected chi connectivity index (χ1v) is 5.67. The summed E-state index contributed by atoms with van der Waals surface area (Å²) in [6, 6.07) is 0. The molecular formula is C12H24N2O. The SMILES string of the molecule is CCCC(N)=NC(C)(CC(C)C)C(C)=O. The van der Waals surface area contributed by atoms with Crippen LogP contribution in [0, 0.1) is 5.92 Å². The maximum absolute atomic E-state index is 11.6. The summed E-state index contributed by atoms with van der Waals surface area (Å²) in [5.41, 5.74) is 5.15. The highest BCUT2D eigenvalue weighted by molar-refractivity contribution is 5.90. The predicted octanol–water partition coefficient (Wildman–Crippen LogP) is 2.54. The summed E-state index contributed by atoms with van der Waals surface area (Å²) in [5.74, 6) is 1.13. The first-order valence-electron chi connectivity index (χ1n) is 5.67. The quantitative estimate of drug-likeness (QED) is 0.543. The van der Waals surface area contributed by atoms with E-state index in [1.165, 1.54) is 0 Å². The molecule has 0 amide bonds. The van der Waals surface area contributed by atoms with Crippen molar-refractivity contribution < 1.29 is 4.79 Å². The largest absolute Gasteiger partial charge is 0.387 e. The second kappa shape index (κ2) is 5.89. The average Bonchev–Trinajstić information content (AvgIpc) is 2.01. The number of hydrogen-bond donors (Lipinski definition) is 1. The van der Waals surface area contributed by atoms with Crippen molar-refractivity contribution in [1.82, 2.24) is 0 Å². The van der Waals surface area contributed by atoms with Crippen LogP contribution < -0.4 is 5.73 Å². The van der Waals surface area contributed by atoms with Gasteiger partial charge in [0.25, 0.3) is 0 Å². The lowest BCUT2D eigenvalue weighted by atomic mass is 9.88. The van der Waals surface area contributed by atoms with E-state index in [1.54, 1.807) is 6.92 Å². The molecule has 0 aliphatic rings. The molecule has 0 saturated carbocycles. The Bertz CT molecular complexity index is 246. The van der Waals surface area contributed by atoms with E-state index in [0.717, 1.165) is 19.3 Å². The van der Waals surface area contributed by atoms with Crippen molar-refractivity contribution in [2.24, 2.45) is 16.6 Å². The summed E-state index contributed by atoms with van der Waals surface area (Å²) in [6.45, 7) is 9.69. The summed E-state index contributed by atoms with van der Waals surface area (Å²) < 4.78 is 0. The lowest BCUT2D eigenvalue weighted by molar-refractivity contribution is -0.121. The number of ketones is 1. The van der Waals surface area contributed by atoms with Gasteiger partial charge < -0.3 is 5.73 Å². The zero-order chi connectivity index (χ0) is 12.1. The van der Waals surface area contributed by atoms with E-state index < -0.39 is 5.54 Å². The van der Waals surface area contributed by atoms with Gasteiger partial charge in [-0.1, -0.05) is 20.8 Å². The number of rotatable bonds is 6. The molecule has 0 aromatic carbocycles. The molecule has 1 unspecified atom stereocenters. The third-order valence-corrected chi connectivity index (χ3v) is 2.46. The standard InChI is InChI=1S/C12H24N2O/c1-6-7-11(13)14-12(5,10(4)15)8-9(2)3/h9H,6-8H2,1-5H3,(H2,13,14). The monoisotopic (exact) mass is 212 g/mol. The number of carbonyl (C=O) groups is 1. The van der Waals surface area contributed by atoms with Crippen molar-refractivity contribution >= 4 is 11.6 Å². The lowest BCUT2D eigenvalue weighted by Gasteiger charge is -2.25. The summed E-state index contributed by atoms with van der Waals surface area (Å²) in [4.78, 5) is 16.0. The fraction of sp³-hybridized carbons (Fsp3) is 0.833. The average molecular weight is 212 g/mol. The van der Waals surface area contributed by atoms with Crippen LogP contribution in [-0.4, -0.2) is 17.2 Å². The molecule has 0 spiro atoms. The molecular weight excluding hydrogens is 188 g/mol. The van der Waals surface area contributed by atoms with E-state index >= 15 is 0 Å². The molecule has 15 heavy (non-hydrogen) atoms. The fourth-order valence-electron chi connectivity index (χ4n) is 1.69. The number of amidine groups is 1. The normalized spacial score (nSPS) is 16.5. The van der Waals surface area contributed by atoms with Crippen molar-refractivity contribution in [3.8, 4) is 0 Å². The van der Waals surface area contributed by atoms with Crippen molar-refractivity contribution in [2.75, 3.05) is 0 Å². The van der Waals surface area contributed by atoms with Gasteiger partial charge in [-0.15, -0.1) is 0 Å². The van der Waals surface area contributed by atoms with Crippen molar-refractivity contribution in [3.05, 3.63) is 0 Å². The van der Waals surface area contributed by atoms with Crippen LogP contribution >= 0.6 is 0 Å². The number of Topliss-reactive ketones (excluding diaryl/α,β-unsaturated/α-hetero) is 1. The molecule has 0 aliphatic heterocycles. The van der Waals surface area contributed by atoms with Crippen LogP contribution in [-0.2, 0) is 4.79 Å². The third-order valence-electron chi connectivity index (χ3n) is 2.46. The van der Waals surface area contributed by atoms with E-state index in [4.69, 9.17) is 5.73 Å². The van der Waals surface area contributed by atoms with Crippen LogP contribution in [0.25, 0.3) is 0 Å². The lowest BCUT2D eigenvalue weighted by Crippen LogP contribution is -2.35. The summed E-state index contributed by atoms with van der Waals surface area (Å²) in [7, 11) is 0. The Kier molecular flexibility index (Phi) is 5.55. The summed E-state index contributed by atoms with van der Waals surface area (Å²) in [6.07, 6.45) is 2.48. The Morgan fingerprint density at radius 2 is 2.00 bits per heavy atom. The van der Waals surface area contributed by atoms with Crippen molar-refractivity contribution in [2.45, 2.75) is 59.4 Å². The summed E-state index contributed by atoms with van der Waals surface area (Å²) >= 11 is 0. The van der Waals surface area contributed by atoms with E-state index in [1.807, 2.05) is 6.92 Å². The maximum Gasteiger partial charge on any atom is 0.157 e. The molecule has 0 saturated heterocycles. The minimum absolute atomic E-state index is 0.0928. The van der Waals surface area contributed by atoms with Gasteiger partial charge >= 0.3 is 0 Å². The molecule has 0 fully saturated rings. The zero-order valence-electron chi connectivity index (χ0n) is 10.6. The molecule has 3 nitrogen and oxygen atoms in total. The molecule has 2 N–H and O–H groups in total. The molecule has 0 heterocycles. The number of aliphatic imine (C=N–C) groups is 1. The van der Waals surface area contributed by atoms with Crippen molar-refractivity contribution in [1.29, 1.82) is 0 Å². The molecule has 0 aromatic heterocycles. The Morgan fingerprint density at radius 3 is 2.33 bits per heavy atom. The van der Waals surface area contributed by atoms with Gasteiger partial charge in [-0.2, -0.15) is 0 Å². The van der Waals surface area contributed by atoms with E-state index in [-0.39, 0.29) is 5.78 Å². The zero-order valence-corrected chi connectivity index (χ0v) is 10.6. The highest BCUT2D eigenvalue weighted by atomic mass is 16.1. The molecule has 3 heteroatoms. The molecule has 0 bridgehead atoms. The minimum atomic E-state index is -0.632. The number of carbonyl (C=O) groups excluding carboxylic acids is 1.